The Bertz CT molecular complexity index is 1020. The summed E-state index contributed by atoms with van der Waals surface area (Å²) in [6.45, 7) is 4.40. The molecule has 0 unspecified atom stereocenters. The van der Waals surface area contributed by atoms with Crippen LogP contribution < -0.4 is 10.1 Å². The van der Waals surface area contributed by atoms with Gasteiger partial charge in [-0.1, -0.05) is 12.1 Å². The molecule has 1 N–H and O–H groups in total. The minimum atomic E-state index is -0.323. The summed E-state index contributed by atoms with van der Waals surface area (Å²) < 4.78 is 16.6. The summed E-state index contributed by atoms with van der Waals surface area (Å²) in [7, 11) is 0. The SMILES string of the molecule is CCOc1ccc(C(=O)Nc2c(C(=O)N3CCOCC3)oc3ccccc23)cc1. The lowest BCUT2D eigenvalue weighted by Crippen LogP contribution is -2.40. The Hall–Kier alpha value is -3.32. The average Bonchev–Trinajstić information content (AvgIpc) is 3.13. The lowest BCUT2D eigenvalue weighted by atomic mass is 10.1. The van der Waals surface area contributed by atoms with Crippen molar-refractivity contribution < 1.29 is 23.5 Å². The van der Waals surface area contributed by atoms with Crippen molar-refractivity contribution in [3.8, 4) is 5.75 Å². The second-order valence-corrected chi connectivity index (χ2v) is 6.62. The van der Waals surface area contributed by atoms with Crippen LogP contribution in [0.4, 0.5) is 5.69 Å². The molecule has 29 heavy (non-hydrogen) atoms. The van der Waals surface area contributed by atoms with Gasteiger partial charge in [0, 0.05) is 24.0 Å². The van der Waals surface area contributed by atoms with Gasteiger partial charge in [-0.05, 0) is 43.3 Å². The van der Waals surface area contributed by atoms with E-state index < -0.39 is 0 Å². The van der Waals surface area contributed by atoms with Crippen LogP contribution in [0.3, 0.4) is 0 Å². The molecule has 3 aromatic rings. The smallest absolute Gasteiger partial charge is 0.291 e. The Morgan fingerprint density at radius 2 is 1.79 bits per heavy atom. The number of ether oxygens (including phenoxy) is 2. The van der Waals surface area contributed by atoms with Gasteiger partial charge in [0.15, 0.2) is 0 Å². The maximum absolute atomic E-state index is 13.0. The molecule has 0 saturated carbocycles. The molecule has 1 fully saturated rings. The first-order chi connectivity index (χ1) is 14.2. The minimum Gasteiger partial charge on any atom is -0.494 e. The number of hydrogen-bond acceptors (Lipinski definition) is 5. The predicted molar refractivity (Wildman–Crippen MR) is 109 cm³/mol. The number of carbonyl (C=O) groups is 2. The van der Waals surface area contributed by atoms with Crippen molar-refractivity contribution in [3.63, 3.8) is 0 Å². The van der Waals surface area contributed by atoms with Crippen LogP contribution in [0.15, 0.2) is 52.9 Å². The number of fused-ring (bicyclic) bond motifs is 1. The Labute approximate surface area is 168 Å². The van der Waals surface area contributed by atoms with Crippen molar-refractivity contribution in [3.05, 3.63) is 59.9 Å². The molecule has 7 nitrogen and oxygen atoms in total. The van der Waals surface area contributed by atoms with Gasteiger partial charge in [0.2, 0.25) is 5.76 Å². The van der Waals surface area contributed by atoms with E-state index in [0.29, 0.717) is 60.9 Å². The molecular formula is C22H22N2O5. The van der Waals surface area contributed by atoms with Gasteiger partial charge in [0.25, 0.3) is 11.8 Å². The van der Waals surface area contributed by atoms with Crippen molar-refractivity contribution in [1.82, 2.24) is 4.90 Å². The van der Waals surface area contributed by atoms with E-state index >= 15 is 0 Å². The molecule has 0 spiro atoms. The van der Waals surface area contributed by atoms with Gasteiger partial charge in [-0.25, -0.2) is 0 Å². The highest BCUT2D eigenvalue weighted by atomic mass is 16.5. The molecule has 2 amide bonds. The van der Waals surface area contributed by atoms with Gasteiger partial charge in [-0.2, -0.15) is 0 Å². The van der Waals surface area contributed by atoms with Crippen LogP contribution in [0.1, 0.15) is 27.8 Å². The fraction of sp³-hybridized carbons (Fsp3) is 0.273. The van der Waals surface area contributed by atoms with E-state index in [-0.39, 0.29) is 17.6 Å². The van der Waals surface area contributed by atoms with Gasteiger partial charge >= 0.3 is 0 Å². The van der Waals surface area contributed by atoms with Crippen LogP contribution in [0.5, 0.6) is 5.75 Å². The number of nitrogens with one attached hydrogen (secondary N) is 1. The van der Waals surface area contributed by atoms with Crippen molar-refractivity contribution >= 4 is 28.5 Å². The first kappa shape index (κ1) is 19.0. The summed E-state index contributed by atoms with van der Waals surface area (Å²) >= 11 is 0. The number of para-hydroxylation sites is 1. The number of hydrogen-bond donors (Lipinski definition) is 1. The topological polar surface area (TPSA) is 81.0 Å². The number of amides is 2. The zero-order valence-corrected chi connectivity index (χ0v) is 16.1. The number of carbonyl (C=O) groups excluding carboxylic acids is 2. The van der Waals surface area contributed by atoms with Gasteiger partial charge in [-0.15, -0.1) is 0 Å². The number of morpholine rings is 1. The Kier molecular flexibility index (Phi) is 5.48. The summed E-state index contributed by atoms with van der Waals surface area (Å²) in [5, 5.41) is 3.55. The van der Waals surface area contributed by atoms with E-state index in [1.807, 2.05) is 25.1 Å². The molecule has 2 aromatic carbocycles. The minimum absolute atomic E-state index is 0.132. The van der Waals surface area contributed by atoms with Gasteiger partial charge in [0.05, 0.1) is 19.8 Å². The molecular weight excluding hydrogens is 372 g/mol. The van der Waals surface area contributed by atoms with E-state index in [2.05, 4.69) is 5.32 Å². The Morgan fingerprint density at radius 1 is 1.07 bits per heavy atom. The molecule has 0 aliphatic carbocycles. The monoisotopic (exact) mass is 394 g/mol. The van der Waals surface area contributed by atoms with E-state index in [9.17, 15) is 9.59 Å². The molecule has 1 aliphatic rings. The van der Waals surface area contributed by atoms with Crippen molar-refractivity contribution in [2.75, 3.05) is 38.2 Å². The van der Waals surface area contributed by atoms with Crippen LogP contribution in [0.2, 0.25) is 0 Å². The van der Waals surface area contributed by atoms with Crippen LogP contribution >= 0.6 is 0 Å². The Balaban J connectivity index is 1.64. The lowest BCUT2D eigenvalue weighted by molar-refractivity contribution is 0.0285. The number of nitrogens with zero attached hydrogens (tertiary/aromatic N) is 1. The molecule has 0 radical (unpaired) electrons. The van der Waals surface area contributed by atoms with Gasteiger partial charge in [0.1, 0.15) is 17.0 Å². The van der Waals surface area contributed by atoms with Crippen molar-refractivity contribution in [2.24, 2.45) is 0 Å². The molecule has 1 aromatic heterocycles. The normalized spacial score (nSPS) is 14.0. The average molecular weight is 394 g/mol. The molecule has 1 saturated heterocycles. The van der Waals surface area contributed by atoms with Crippen molar-refractivity contribution in [2.45, 2.75) is 6.92 Å². The quantitative estimate of drug-likeness (QED) is 0.716. The Morgan fingerprint density at radius 3 is 2.52 bits per heavy atom. The van der Waals surface area contributed by atoms with Crippen LogP contribution in [-0.4, -0.2) is 49.6 Å². The zero-order chi connectivity index (χ0) is 20.2. The van der Waals surface area contributed by atoms with Gasteiger partial charge < -0.3 is 24.1 Å². The second-order valence-electron chi connectivity index (χ2n) is 6.62. The summed E-state index contributed by atoms with van der Waals surface area (Å²) in [6, 6.07) is 14.1. The molecule has 0 bridgehead atoms. The molecule has 4 rings (SSSR count). The number of rotatable bonds is 5. The summed E-state index contributed by atoms with van der Waals surface area (Å²) in [5.74, 6) is 0.246. The first-order valence-electron chi connectivity index (χ1n) is 9.60. The van der Waals surface area contributed by atoms with E-state index in [0.717, 1.165) is 0 Å². The third kappa shape index (κ3) is 3.95. The standard InChI is InChI=1S/C22H22N2O5/c1-2-28-16-9-7-15(8-10-16)21(25)23-19-17-5-3-4-6-18(17)29-20(19)22(26)24-11-13-27-14-12-24/h3-10H,2,11-14H2,1H3,(H,23,25). The van der Waals surface area contributed by atoms with Gasteiger partial charge in [-0.3, -0.25) is 9.59 Å². The largest absolute Gasteiger partial charge is 0.494 e. The molecule has 7 heteroatoms. The van der Waals surface area contributed by atoms with E-state index in [1.54, 1.807) is 35.2 Å². The third-order valence-corrected chi connectivity index (χ3v) is 4.75. The number of benzene rings is 2. The fourth-order valence-electron chi connectivity index (χ4n) is 3.29. The van der Waals surface area contributed by atoms with E-state index in [1.165, 1.54) is 0 Å². The van der Waals surface area contributed by atoms with Crippen LogP contribution in [0.25, 0.3) is 11.0 Å². The highest BCUT2D eigenvalue weighted by Gasteiger charge is 2.27. The first-order valence-corrected chi connectivity index (χ1v) is 9.60. The summed E-state index contributed by atoms with van der Waals surface area (Å²) in [4.78, 5) is 27.5. The number of furan rings is 1. The van der Waals surface area contributed by atoms with E-state index in [4.69, 9.17) is 13.9 Å². The maximum atomic E-state index is 13.0. The van der Waals surface area contributed by atoms with Crippen LogP contribution in [-0.2, 0) is 4.74 Å². The maximum Gasteiger partial charge on any atom is 0.291 e. The molecule has 0 atom stereocenters. The fourth-order valence-corrected chi connectivity index (χ4v) is 3.29. The van der Waals surface area contributed by atoms with Crippen LogP contribution in [0, 0.1) is 0 Å². The number of anilines is 1. The molecule has 1 aliphatic heterocycles. The predicted octanol–water partition coefficient (Wildman–Crippen LogP) is 3.56. The zero-order valence-electron chi connectivity index (χ0n) is 16.1. The second kappa shape index (κ2) is 8.36. The highest BCUT2D eigenvalue weighted by molar-refractivity contribution is 6.14. The molecule has 2 heterocycles. The third-order valence-electron chi connectivity index (χ3n) is 4.75. The molecule has 150 valence electrons. The summed E-state index contributed by atoms with van der Waals surface area (Å²) in [5.41, 5.74) is 1.39. The highest BCUT2D eigenvalue weighted by Crippen LogP contribution is 2.32. The lowest BCUT2D eigenvalue weighted by Gasteiger charge is -2.26. The summed E-state index contributed by atoms with van der Waals surface area (Å²) in [6.07, 6.45) is 0. The van der Waals surface area contributed by atoms with Crippen molar-refractivity contribution in [1.29, 1.82) is 0 Å².